The van der Waals surface area contributed by atoms with E-state index in [-0.39, 0.29) is 5.92 Å². The molecular formula is C13H20ClN5. The summed E-state index contributed by atoms with van der Waals surface area (Å²) in [5.41, 5.74) is 0. The van der Waals surface area contributed by atoms with Crippen LogP contribution in [0.2, 0.25) is 5.02 Å². The van der Waals surface area contributed by atoms with Gasteiger partial charge in [0.1, 0.15) is 5.02 Å². The first-order valence-corrected chi connectivity index (χ1v) is 6.91. The highest BCUT2D eigenvalue weighted by Crippen LogP contribution is 2.24. The van der Waals surface area contributed by atoms with Gasteiger partial charge in [0, 0.05) is 19.6 Å². The van der Waals surface area contributed by atoms with Gasteiger partial charge in [0.2, 0.25) is 5.95 Å². The predicted octanol–water partition coefficient (Wildman–Crippen LogP) is 2.94. The summed E-state index contributed by atoms with van der Waals surface area (Å²) in [6.07, 6.45) is 2.60. The smallest absolute Gasteiger partial charge is 0.224 e. The summed E-state index contributed by atoms with van der Waals surface area (Å²) in [5, 5.41) is 12.6. The van der Waals surface area contributed by atoms with Crippen LogP contribution in [0.15, 0.2) is 6.20 Å². The summed E-state index contributed by atoms with van der Waals surface area (Å²) in [5.74, 6) is 1.18. The number of nitrogens with zero attached hydrogens (tertiary/aromatic N) is 4. The van der Waals surface area contributed by atoms with E-state index < -0.39 is 0 Å². The molecule has 0 bridgehead atoms. The van der Waals surface area contributed by atoms with Crippen LogP contribution < -0.4 is 10.2 Å². The predicted molar refractivity (Wildman–Crippen MR) is 78.5 cm³/mol. The summed E-state index contributed by atoms with van der Waals surface area (Å²) in [6, 6.07) is 2.22. The molecule has 0 aliphatic carbocycles. The minimum absolute atomic E-state index is 0.0713. The zero-order valence-electron chi connectivity index (χ0n) is 11.6. The van der Waals surface area contributed by atoms with Gasteiger partial charge in [0.05, 0.1) is 18.2 Å². The zero-order chi connectivity index (χ0) is 14.3. The van der Waals surface area contributed by atoms with Gasteiger partial charge in [-0.1, -0.05) is 18.5 Å². The van der Waals surface area contributed by atoms with Crippen molar-refractivity contribution in [2.45, 2.75) is 27.2 Å². The van der Waals surface area contributed by atoms with E-state index in [0.717, 1.165) is 19.5 Å². The molecule has 1 atom stereocenters. The second-order valence-corrected chi connectivity index (χ2v) is 4.77. The molecule has 19 heavy (non-hydrogen) atoms. The first kappa shape index (κ1) is 15.5. The maximum absolute atomic E-state index is 8.91. The molecule has 1 N–H and O–H groups in total. The summed E-state index contributed by atoms with van der Waals surface area (Å²) in [7, 11) is 0. The fourth-order valence-corrected chi connectivity index (χ4v) is 1.85. The standard InChI is InChI=1S/C13H20ClN5/c1-4-6-16-13-17-8-11(14)12(18-13)19(5-2)9-10(3)7-15/h8,10H,4-6,9H2,1-3H3,(H,16,17,18). The lowest BCUT2D eigenvalue weighted by molar-refractivity contribution is 0.679. The number of nitriles is 1. The zero-order valence-corrected chi connectivity index (χ0v) is 12.4. The highest BCUT2D eigenvalue weighted by Gasteiger charge is 2.15. The Kier molecular flexibility index (Phi) is 6.37. The van der Waals surface area contributed by atoms with Crippen LogP contribution in [0.3, 0.4) is 0 Å². The van der Waals surface area contributed by atoms with E-state index >= 15 is 0 Å². The first-order valence-electron chi connectivity index (χ1n) is 6.53. The number of hydrogen-bond acceptors (Lipinski definition) is 5. The Morgan fingerprint density at radius 3 is 2.84 bits per heavy atom. The minimum Gasteiger partial charge on any atom is -0.354 e. The summed E-state index contributed by atoms with van der Waals surface area (Å²) in [6.45, 7) is 8.15. The number of nitrogens with one attached hydrogen (secondary N) is 1. The van der Waals surface area contributed by atoms with E-state index in [9.17, 15) is 0 Å². The SMILES string of the molecule is CCCNc1ncc(Cl)c(N(CC)CC(C)C#N)n1. The highest BCUT2D eigenvalue weighted by molar-refractivity contribution is 6.32. The average Bonchev–Trinajstić information content (AvgIpc) is 2.43. The molecule has 0 radical (unpaired) electrons. The summed E-state index contributed by atoms with van der Waals surface area (Å²) >= 11 is 6.15. The maximum Gasteiger partial charge on any atom is 0.224 e. The van der Waals surface area contributed by atoms with Crippen LogP contribution in [0, 0.1) is 17.2 Å². The van der Waals surface area contributed by atoms with Gasteiger partial charge in [-0.05, 0) is 20.3 Å². The van der Waals surface area contributed by atoms with Crippen LogP contribution in [0.5, 0.6) is 0 Å². The number of aromatic nitrogens is 2. The second kappa shape index (κ2) is 7.80. The van der Waals surface area contributed by atoms with Crippen LogP contribution in [-0.2, 0) is 0 Å². The van der Waals surface area contributed by atoms with Gasteiger partial charge in [0.25, 0.3) is 0 Å². The van der Waals surface area contributed by atoms with Crippen molar-refractivity contribution in [3.05, 3.63) is 11.2 Å². The minimum atomic E-state index is -0.0713. The molecule has 0 aliphatic rings. The molecule has 0 aliphatic heterocycles. The van der Waals surface area contributed by atoms with Gasteiger partial charge >= 0.3 is 0 Å². The van der Waals surface area contributed by atoms with Crippen LogP contribution >= 0.6 is 11.6 Å². The lowest BCUT2D eigenvalue weighted by Crippen LogP contribution is -2.29. The fraction of sp³-hybridized carbons (Fsp3) is 0.615. The lowest BCUT2D eigenvalue weighted by atomic mass is 10.2. The number of rotatable bonds is 7. The number of anilines is 2. The van der Waals surface area contributed by atoms with Gasteiger partial charge in [-0.15, -0.1) is 0 Å². The van der Waals surface area contributed by atoms with Crippen molar-refractivity contribution in [3.63, 3.8) is 0 Å². The molecule has 1 heterocycles. The van der Waals surface area contributed by atoms with E-state index in [1.54, 1.807) is 6.20 Å². The summed E-state index contributed by atoms with van der Waals surface area (Å²) in [4.78, 5) is 10.6. The topological polar surface area (TPSA) is 64.8 Å². The Morgan fingerprint density at radius 1 is 1.53 bits per heavy atom. The Balaban J connectivity index is 2.92. The van der Waals surface area contributed by atoms with Crippen molar-refractivity contribution in [3.8, 4) is 6.07 Å². The number of halogens is 1. The van der Waals surface area contributed by atoms with Gasteiger partial charge in [-0.3, -0.25) is 0 Å². The molecule has 0 saturated heterocycles. The normalized spacial score (nSPS) is 11.7. The third-order valence-corrected chi connectivity index (χ3v) is 2.92. The molecule has 104 valence electrons. The van der Waals surface area contributed by atoms with E-state index in [0.29, 0.717) is 23.3 Å². The van der Waals surface area contributed by atoms with Crippen molar-refractivity contribution in [2.75, 3.05) is 29.9 Å². The van der Waals surface area contributed by atoms with Gasteiger partial charge < -0.3 is 10.2 Å². The van der Waals surface area contributed by atoms with E-state index in [1.165, 1.54) is 0 Å². The van der Waals surface area contributed by atoms with Crippen LogP contribution in [0.4, 0.5) is 11.8 Å². The average molecular weight is 282 g/mol. The van der Waals surface area contributed by atoms with Crippen molar-refractivity contribution >= 4 is 23.4 Å². The molecule has 6 heteroatoms. The molecular weight excluding hydrogens is 262 g/mol. The molecule has 1 aromatic rings. The quantitative estimate of drug-likeness (QED) is 0.832. The molecule has 1 aromatic heterocycles. The molecule has 1 rings (SSSR count). The molecule has 1 unspecified atom stereocenters. The first-order chi connectivity index (χ1) is 9.12. The van der Waals surface area contributed by atoms with Crippen LogP contribution in [0.25, 0.3) is 0 Å². The van der Waals surface area contributed by atoms with Gasteiger partial charge in [-0.2, -0.15) is 10.2 Å². The van der Waals surface area contributed by atoms with E-state index in [4.69, 9.17) is 16.9 Å². The van der Waals surface area contributed by atoms with Crippen LogP contribution in [0.1, 0.15) is 27.2 Å². The fourth-order valence-electron chi connectivity index (χ4n) is 1.64. The van der Waals surface area contributed by atoms with Gasteiger partial charge in [0.15, 0.2) is 5.82 Å². The third kappa shape index (κ3) is 4.56. The molecule has 0 saturated carbocycles. The largest absolute Gasteiger partial charge is 0.354 e. The molecule has 0 spiro atoms. The second-order valence-electron chi connectivity index (χ2n) is 4.36. The van der Waals surface area contributed by atoms with E-state index in [2.05, 4.69) is 28.3 Å². The third-order valence-electron chi connectivity index (χ3n) is 2.65. The molecule has 0 aromatic carbocycles. The Hall–Kier alpha value is -1.54. The maximum atomic E-state index is 8.91. The molecule has 0 fully saturated rings. The van der Waals surface area contributed by atoms with E-state index in [1.807, 2.05) is 18.7 Å². The number of hydrogen-bond donors (Lipinski definition) is 1. The van der Waals surface area contributed by atoms with Crippen molar-refractivity contribution in [2.24, 2.45) is 5.92 Å². The highest BCUT2D eigenvalue weighted by atomic mass is 35.5. The van der Waals surface area contributed by atoms with Crippen LogP contribution in [-0.4, -0.2) is 29.6 Å². The summed E-state index contributed by atoms with van der Waals surface area (Å²) < 4.78 is 0. The Bertz CT molecular complexity index is 443. The molecule has 5 nitrogen and oxygen atoms in total. The Labute approximate surface area is 119 Å². The van der Waals surface area contributed by atoms with Crippen molar-refractivity contribution in [1.82, 2.24) is 9.97 Å². The van der Waals surface area contributed by atoms with Crippen molar-refractivity contribution < 1.29 is 0 Å². The van der Waals surface area contributed by atoms with Crippen molar-refractivity contribution in [1.29, 1.82) is 5.26 Å². The monoisotopic (exact) mass is 281 g/mol. The molecule has 0 amide bonds. The Morgan fingerprint density at radius 2 is 2.26 bits per heavy atom. The lowest BCUT2D eigenvalue weighted by Gasteiger charge is -2.24. The van der Waals surface area contributed by atoms with Gasteiger partial charge in [-0.25, -0.2) is 4.98 Å².